The first-order valence-corrected chi connectivity index (χ1v) is 11.3. The van der Waals surface area contributed by atoms with Gasteiger partial charge in [0.05, 0.1) is 0 Å². The lowest BCUT2D eigenvalue weighted by Gasteiger charge is -2.19. The number of carbonyl (C=O) groups is 3. The molecule has 34 heavy (non-hydrogen) atoms. The highest BCUT2D eigenvalue weighted by atomic mass is 16.5. The van der Waals surface area contributed by atoms with Crippen molar-refractivity contribution in [3.8, 4) is 0 Å². The van der Waals surface area contributed by atoms with E-state index in [4.69, 9.17) is 4.74 Å². The van der Waals surface area contributed by atoms with E-state index >= 15 is 0 Å². The molecule has 0 aromatic heterocycles. The van der Waals surface area contributed by atoms with Crippen molar-refractivity contribution >= 4 is 29.3 Å². The van der Waals surface area contributed by atoms with Crippen molar-refractivity contribution in [1.82, 2.24) is 5.32 Å². The van der Waals surface area contributed by atoms with E-state index < -0.39 is 12.1 Å². The quantitative estimate of drug-likeness (QED) is 0.440. The number of hydrogen-bond acceptors (Lipinski definition) is 4. The number of carbonyl (C=O) groups excluding carboxylic acids is 3. The molecule has 0 bridgehead atoms. The van der Waals surface area contributed by atoms with Crippen molar-refractivity contribution in [2.75, 3.05) is 10.6 Å². The predicted molar refractivity (Wildman–Crippen MR) is 130 cm³/mol. The molecule has 1 saturated carbocycles. The monoisotopic (exact) mass is 457 g/mol. The average Bonchev–Trinajstić information content (AvgIpc) is 3.71. The van der Waals surface area contributed by atoms with Crippen LogP contribution in [0.3, 0.4) is 0 Å². The van der Waals surface area contributed by atoms with E-state index in [0.717, 1.165) is 24.0 Å². The molecule has 3 aromatic rings. The Morgan fingerprint density at radius 3 is 1.91 bits per heavy atom. The van der Waals surface area contributed by atoms with Gasteiger partial charge in [-0.3, -0.25) is 9.59 Å². The molecular formula is C27H27N3O4. The summed E-state index contributed by atoms with van der Waals surface area (Å²) in [6.07, 6.45) is 1.51. The van der Waals surface area contributed by atoms with E-state index in [9.17, 15) is 14.4 Å². The summed E-state index contributed by atoms with van der Waals surface area (Å²) in [6.45, 7) is 0.111. The number of amides is 3. The highest BCUT2D eigenvalue weighted by Gasteiger charge is 2.29. The van der Waals surface area contributed by atoms with Crippen molar-refractivity contribution in [2.24, 2.45) is 5.92 Å². The Hall–Kier alpha value is -4.13. The Bertz CT molecular complexity index is 1110. The third kappa shape index (κ3) is 6.93. The van der Waals surface area contributed by atoms with Gasteiger partial charge in [0.2, 0.25) is 11.8 Å². The van der Waals surface area contributed by atoms with Crippen LogP contribution in [0.15, 0.2) is 84.9 Å². The fourth-order valence-electron chi connectivity index (χ4n) is 3.42. The summed E-state index contributed by atoms with van der Waals surface area (Å²) in [5.41, 5.74) is 3.00. The fraction of sp³-hybridized carbons (Fsp3) is 0.222. The van der Waals surface area contributed by atoms with Gasteiger partial charge in [0.1, 0.15) is 12.6 Å². The zero-order valence-corrected chi connectivity index (χ0v) is 18.7. The summed E-state index contributed by atoms with van der Waals surface area (Å²) in [7, 11) is 0. The Morgan fingerprint density at radius 2 is 1.32 bits per heavy atom. The zero-order chi connectivity index (χ0) is 23.8. The second-order valence-corrected chi connectivity index (χ2v) is 8.28. The van der Waals surface area contributed by atoms with Crippen LogP contribution in [0.25, 0.3) is 0 Å². The molecule has 4 rings (SSSR count). The molecule has 3 amide bonds. The molecule has 1 atom stereocenters. The Kier molecular flexibility index (Phi) is 7.55. The third-order valence-electron chi connectivity index (χ3n) is 5.47. The van der Waals surface area contributed by atoms with Crippen LogP contribution in [-0.2, 0) is 27.4 Å². The maximum absolute atomic E-state index is 13.0. The lowest BCUT2D eigenvalue weighted by Crippen LogP contribution is -2.45. The van der Waals surface area contributed by atoms with Gasteiger partial charge in [-0.05, 0) is 48.2 Å². The summed E-state index contributed by atoms with van der Waals surface area (Å²) in [4.78, 5) is 37.4. The van der Waals surface area contributed by atoms with Gasteiger partial charge >= 0.3 is 6.09 Å². The molecule has 1 fully saturated rings. The minimum Gasteiger partial charge on any atom is -0.445 e. The van der Waals surface area contributed by atoms with E-state index in [2.05, 4.69) is 16.0 Å². The number of hydrogen-bond donors (Lipinski definition) is 3. The van der Waals surface area contributed by atoms with Crippen LogP contribution in [0.2, 0.25) is 0 Å². The lowest BCUT2D eigenvalue weighted by atomic mass is 10.1. The number of benzene rings is 3. The van der Waals surface area contributed by atoms with Gasteiger partial charge in [0.25, 0.3) is 0 Å². The number of ether oxygens (including phenoxy) is 1. The molecule has 0 saturated heterocycles. The molecule has 1 aliphatic rings. The van der Waals surface area contributed by atoms with E-state index in [-0.39, 0.29) is 24.3 Å². The maximum Gasteiger partial charge on any atom is 0.408 e. The van der Waals surface area contributed by atoms with Gasteiger partial charge in [0.15, 0.2) is 0 Å². The van der Waals surface area contributed by atoms with Crippen molar-refractivity contribution in [3.63, 3.8) is 0 Å². The van der Waals surface area contributed by atoms with Crippen LogP contribution in [0, 0.1) is 5.92 Å². The summed E-state index contributed by atoms with van der Waals surface area (Å²) in [5, 5.41) is 8.39. The van der Waals surface area contributed by atoms with Crippen LogP contribution in [0.5, 0.6) is 0 Å². The van der Waals surface area contributed by atoms with Crippen LogP contribution in [0.4, 0.5) is 16.2 Å². The molecule has 0 spiro atoms. The zero-order valence-electron chi connectivity index (χ0n) is 18.7. The number of alkyl carbamates (subject to hydrolysis) is 1. The van der Waals surface area contributed by atoms with Gasteiger partial charge in [-0.25, -0.2) is 4.79 Å². The van der Waals surface area contributed by atoms with Crippen LogP contribution in [0.1, 0.15) is 24.0 Å². The smallest absolute Gasteiger partial charge is 0.408 e. The van der Waals surface area contributed by atoms with Gasteiger partial charge in [-0.2, -0.15) is 0 Å². The first kappa shape index (κ1) is 23.0. The predicted octanol–water partition coefficient (Wildman–Crippen LogP) is 4.51. The Labute approximate surface area is 198 Å². The minimum atomic E-state index is -0.833. The van der Waals surface area contributed by atoms with Gasteiger partial charge in [-0.1, -0.05) is 60.7 Å². The molecular weight excluding hydrogens is 430 g/mol. The number of rotatable bonds is 9. The largest absolute Gasteiger partial charge is 0.445 e. The summed E-state index contributed by atoms with van der Waals surface area (Å²) in [5.74, 6) is -0.223. The topological polar surface area (TPSA) is 96.5 Å². The molecule has 0 aliphatic heterocycles. The maximum atomic E-state index is 13.0. The van der Waals surface area contributed by atoms with Gasteiger partial charge in [0, 0.05) is 23.7 Å². The van der Waals surface area contributed by atoms with E-state index in [1.807, 2.05) is 60.7 Å². The number of anilines is 2. The second-order valence-electron chi connectivity index (χ2n) is 8.28. The molecule has 0 radical (unpaired) electrons. The third-order valence-corrected chi connectivity index (χ3v) is 5.47. The highest BCUT2D eigenvalue weighted by molar-refractivity contribution is 5.97. The van der Waals surface area contributed by atoms with Crippen LogP contribution >= 0.6 is 0 Å². The van der Waals surface area contributed by atoms with E-state index in [0.29, 0.717) is 17.8 Å². The summed E-state index contributed by atoms with van der Waals surface area (Å²) in [6, 6.07) is 24.9. The Balaban J connectivity index is 1.37. The fourth-order valence-corrected chi connectivity index (χ4v) is 3.42. The normalized spacial score (nSPS) is 13.4. The molecule has 7 nitrogen and oxygen atoms in total. The molecule has 1 unspecified atom stereocenters. The first-order valence-electron chi connectivity index (χ1n) is 11.3. The molecule has 3 aromatic carbocycles. The number of nitrogens with one attached hydrogen (secondary N) is 3. The molecule has 7 heteroatoms. The van der Waals surface area contributed by atoms with Crippen molar-refractivity contribution < 1.29 is 19.1 Å². The molecule has 3 N–H and O–H groups in total. The average molecular weight is 458 g/mol. The SMILES string of the molecule is O=C(NC(Cc1ccccc1)C(=O)Nc1ccc(NC(=O)C2CC2)cc1)OCc1ccccc1. The Morgan fingerprint density at radius 1 is 0.765 bits per heavy atom. The van der Waals surface area contributed by atoms with Crippen molar-refractivity contribution in [1.29, 1.82) is 0 Å². The van der Waals surface area contributed by atoms with Crippen molar-refractivity contribution in [2.45, 2.75) is 31.9 Å². The van der Waals surface area contributed by atoms with Crippen LogP contribution in [-0.4, -0.2) is 23.9 Å². The van der Waals surface area contributed by atoms with E-state index in [1.165, 1.54) is 0 Å². The van der Waals surface area contributed by atoms with Crippen LogP contribution < -0.4 is 16.0 Å². The highest BCUT2D eigenvalue weighted by Crippen LogP contribution is 2.30. The lowest BCUT2D eigenvalue weighted by molar-refractivity contribution is -0.118. The molecule has 1 aliphatic carbocycles. The molecule has 174 valence electrons. The summed E-state index contributed by atoms with van der Waals surface area (Å²) >= 11 is 0. The van der Waals surface area contributed by atoms with Crippen molar-refractivity contribution in [3.05, 3.63) is 96.1 Å². The van der Waals surface area contributed by atoms with Gasteiger partial charge in [-0.15, -0.1) is 0 Å². The standard InChI is InChI=1S/C27H27N3O4/c31-25(21-11-12-21)28-22-13-15-23(16-14-22)29-26(32)24(17-19-7-3-1-4-8-19)30-27(33)34-18-20-9-5-2-6-10-20/h1-10,13-16,21,24H,11-12,17-18H2,(H,28,31)(H,29,32)(H,30,33). The van der Waals surface area contributed by atoms with Gasteiger partial charge < -0.3 is 20.7 Å². The second kappa shape index (κ2) is 11.1. The first-order chi connectivity index (χ1) is 16.6. The van der Waals surface area contributed by atoms with E-state index in [1.54, 1.807) is 24.3 Å². The molecule has 0 heterocycles. The summed E-state index contributed by atoms with van der Waals surface area (Å²) < 4.78 is 5.30. The minimum absolute atomic E-state index is 0.0259.